The average Bonchev–Trinajstić information content (AvgIpc) is 2.55. The van der Waals surface area contributed by atoms with Gasteiger partial charge in [-0.05, 0) is 30.9 Å². The summed E-state index contributed by atoms with van der Waals surface area (Å²) in [5.41, 5.74) is 0.578. The SMILES string of the molecule is CC(=O)[C@H](NC(=O)c1ccccc1)C(C)C.CCC(C[O-])CBr. The van der Waals surface area contributed by atoms with Gasteiger partial charge in [-0.1, -0.05) is 61.3 Å². The van der Waals surface area contributed by atoms with Crippen molar-refractivity contribution in [2.75, 3.05) is 11.9 Å². The minimum Gasteiger partial charge on any atom is -0.854 e. The second-order valence-corrected chi connectivity index (χ2v) is 6.41. The van der Waals surface area contributed by atoms with E-state index in [4.69, 9.17) is 0 Å². The summed E-state index contributed by atoms with van der Waals surface area (Å²) in [6.07, 6.45) is 0.995. The number of carbonyl (C=O) groups excluding carboxylic acids is 2. The molecule has 2 atom stereocenters. The molecule has 1 N–H and O–H groups in total. The molecule has 4 nitrogen and oxygen atoms in total. The lowest BCUT2D eigenvalue weighted by molar-refractivity contribution is -0.377. The van der Waals surface area contributed by atoms with Crippen LogP contribution in [0.1, 0.15) is 44.5 Å². The fraction of sp³-hybridized carbons (Fsp3) is 0.556. The summed E-state index contributed by atoms with van der Waals surface area (Å²) < 4.78 is 0. The minimum atomic E-state index is -0.410. The summed E-state index contributed by atoms with van der Waals surface area (Å²) in [5.74, 6) is 0.235. The van der Waals surface area contributed by atoms with Gasteiger partial charge in [0.05, 0.1) is 6.04 Å². The van der Waals surface area contributed by atoms with Crippen molar-refractivity contribution in [3.8, 4) is 0 Å². The molecule has 0 heterocycles. The summed E-state index contributed by atoms with van der Waals surface area (Å²) in [6, 6.07) is 8.49. The van der Waals surface area contributed by atoms with Crippen LogP contribution in [0.4, 0.5) is 0 Å². The van der Waals surface area contributed by atoms with Crippen LogP contribution in [0.15, 0.2) is 30.3 Å². The fourth-order valence-corrected chi connectivity index (χ4v) is 2.47. The first-order valence-electron chi connectivity index (χ1n) is 7.87. The third-order valence-corrected chi connectivity index (χ3v) is 4.37. The molecule has 0 aliphatic heterocycles. The Bertz CT molecular complexity index is 453. The van der Waals surface area contributed by atoms with Crippen molar-refractivity contribution in [1.82, 2.24) is 5.32 Å². The quantitative estimate of drug-likeness (QED) is 0.734. The lowest BCUT2D eigenvalue weighted by Crippen LogP contribution is -2.43. The number of ketones is 1. The van der Waals surface area contributed by atoms with E-state index in [1.807, 2.05) is 26.8 Å². The van der Waals surface area contributed by atoms with Crippen LogP contribution in [-0.4, -0.2) is 29.7 Å². The van der Waals surface area contributed by atoms with Crippen molar-refractivity contribution >= 4 is 27.6 Å². The van der Waals surface area contributed by atoms with E-state index in [0.29, 0.717) is 11.5 Å². The van der Waals surface area contributed by atoms with Crippen LogP contribution >= 0.6 is 15.9 Å². The highest BCUT2D eigenvalue weighted by atomic mass is 79.9. The largest absolute Gasteiger partial charge is 0.854 e. The van der Waals surface area contributed by atoms with Gasteiger partial charge in [0.25, 0.3) is 5.91 Å². The topological polar surface area (TPSA) is 69.2 Å². The van der Waals surface area contributed by atoms with Crippen molar-refractivity contribution in [3.63, 3.8) is 0 Å². The van der Waals surface area contributed by atoms with Crippen molar-refractivity contribution in [2.24, 2.45) is 11.8 Å². The second-order valence-electron chi connectivity index (χ2n) is 5.77. The molecule has 0 saturated carbocycles. The number of hydrogen-bond donors (Lipinski definition) is 1. The van der Waals surface area contributed by atoms with Gasteiger partial charge in [-0.15, -0.1) is 6.61 Å². The Kier molecular flexibility index (Phi) is 11.6. The molecule has 1 rings (SSSR count). The van der Waals surface area contributed by atoms with E-state index in [9.17, 15) is 14.7 Å². The maximum atomic E-state index is 11.8. The summed E-state index contributed by atoms with van der Waals surface area (Å²) in [6.45, 7) is 7.41. The van der Waals surface area contributed by atoms with Crippen molar-refractivity contribution in [1.29, 1.82) is 0 Å². The first kappa shape index (κ1) is 21.8. The summed E-state index contributed by atoms with van der Waals surface area (Å²) in [5, 5.41) is 13.7. The van der Waals surface area contributed by atoms with Gasteiger partial charge in [-0.2, -0.15) is 0 Å². The molecule has 0 aliphatic carbocycles. The van der Waals surface area contributed by atoms with Crippen LogP contribution < -0.4 is 10.4 Å². The van der Waals surface area contributed by atoms with Crippen molar-refractivity contribution in [3.05, 3.63) is 35.9 Å². The Balaban J connectivity index is 0.000000585. The molecule has 0 saturated heterocycles. The number of rotatable bonds is 7. The summed E-state index contributed by atoms with van der Waals surface area (Å²) in [7, 11) is 0. The van der Waals surface area contributed by atoms with Crippen LogP contribution in [0.5, 0.6) is 0 Å². The molecule has 5 heteroatoms. The standard InChI is InChI=1S/C13H17NO2.C5H10BrO/c1-9(2)12(10(3)15)14-13(16)11-7-5-4-6-8-11;1-2-5(3-6)4-7/h4-9,12H,1-3H3,(H,14,16);5H,2-4H2,1H3/q;-1/t12-;/m1./s1. The molecular weight excluding hydrogens is 358 g/mol. The molecule has 0 aliphatic rings. The molecule has 23 heavy (non-hydrogen) atoms. The van der Waals surface area contributed by atoms with E-state index < -0.39 is 6.04 Å². The van der Waals surface area contributed by atoms with E-state index in [2.05, 4.69) is 21.2 Å². The van der Waals surface area contributed by atoms with Gasteiger partial charge < -0.3 is 10.4 Å². The van der Waals surface area contributed by atoms with Crippen molar-refractivity contribution in [2.45, 2.75) is 40.2 Å². The van der Waals surface area contributed by atoms with Gasteiger partial charge in [-0.25, -0.2) is 0 Å². The number of benzene rings is 1. The Morgan fingerprint density at radius 1 is 1.22 bits per heavy atom. The number of Topliss-reactive ketones (excluding diaryl/α,β-unsaturated/α-hetero) is 1. The molecule has 1 aromatic carbocycles. The number of nitrogens with one attached hydrogen (secondary N) is 1. The molecule has 0 aromatic heterocycles. The molecule has 1 aromatic rings. The van der Waals surface area contributed by atoms with E-state index in [1.165, 1.54) is 6.92 Å². The van der Waals surface area contributed by atoms with Gasteiger partial charge in [0.15, 0.2) is 5.78 Å². The molecule has 1 amide bonds. The summed E-state index contributed by atoms with van der Waals surface area (Å²) in [4.78, 5) is 23.1. The normalized spacial score (nSPS) is 12.8. The van der Waals surface area contributed by atoms with E-state index in [1.54, 1.807) is 24.3 Å². The van der Waals surface area contributed by atoms with Crippen LogP contribution in [0.2, 0.25) is 0 Å². The van der Waals surface area contributed by atoms with E-state index >= 15 is 0 Å². The van der Waals surface area contributed by atoms with Crippen molar-refractivity contribution < 1.29 is 14.7 Å². The number of alkyl halides is 1. The Hall–Kier alpha value is -1.20. The highest BCUT2D eigenvalue weighted by molar-refractivity contribution is 9.09. The maximum Gasteiger partial charge on any atom is 0.251 e. The smallest absolute Gasteiger partial charge is 0.251 e. The Morgan fingerprint density at radius 2 is 1.78 bits per heavy atom. The molecule has 0 bridgehead atoms. The predicted molar refractivity (Wildman–Crippen MR) is 95.7 cm³/mol. The minimum absolute atomic E-state index is 0.0146. The predicted octanol–water partition coefficient (Wildman–Crippen LogP) is 2.80. The molecule has 0 radical (unpaired) electrons. The van der Waals surface area contributed by atoms with Gasteiger partial charge >= 0.3 is 0 Å². The number of carbonyl (C=O) groups is 2. The highest BCUT2D eigenvalue weighted by Crippen LogP contribution is 2.05. The molecule has 130 valence electrons. The number of hydrogen-bond acceptors (Lipinski definition) is 3. The van der Waals surface area contributed by atoms with Gasteiger partial charge in [0.1, 0.15) is 0 Å². The highest BCUT2D eigenvalue weighted by Gasteiger charge is 2.20. The third-order valence-electron chi connectivity index (χ3n) is 3.46. The second kappa shape index (κ2) is 12.3. The van der Waals surface area contributed by atoms with E-state index in [0.717, 1.165) is 11.8 Å². The molecule has 0 spiro atoms. The number of amides is 1. The lowest BCUT2D eigenvalue weighted by Gasteiger charge is -2.19. The van der Waals surface area contributed by atoms with Crippen LogP contribution in [0, 0.1) is 11.8 Å². The Labute approximate surface area is 147 Å². The van der Waals surface area contributed by atoms with Crippen LogP contribution in [0.25, 0.3) is 0 Å². The van der Waals surface area contributed by atoms with Crippen LogP contribution in [-0.2, 0) is 4.79 Å². The number of halogens is 1. The third kappa shape index (κ3) is 8.86. The maximum absolute atomic E-state index is 11.8. The Morgan fingerprint density at radius 3 is 2.09 bits per heavy atom. The first-order chi connectivity index (χ1) is 10.9. The molecular formula is C18H27BrNO3-. The lowest BCUT2D eigenvalue weighted by atomic mass is 10.0. The fourth-order valence-electron chi connectivity index (χ4n) is 1.82. The average molecular weight is 385 g/mol. The zero-order valence-electron chi connectivity index (χ0n) is 14.3. The monoisotopic (exact) mass is 384 g/mol. The van der Waals surface area contributed by atoms with Gasteiger partial charge in [-0.3, -0.25) is 9.59 Å². The zero-order valence-corrected chi connectivity index (χ0v) is 15.9. The summed E-state index contributed by atoms with van der Waals surface area (Å²) >= 11 is 3.24. The first-order valence-corrected chi connectivity index (χ1v) is 8.99. The molecule has 0 fully saturated rings. The van der Waals surface area contributed by atoms with Gasteiger partial charge in [0.2, 0.25) is 0 Å². The molecule has 1 unspecified atom stereocenters. The zero-order chi connectivity index (χ0) is 17.8. The van der Waals surface area contributed by atoms with E-state index in [-0.39, 0.29) is 24.2 Å². The van der Waals surface area contributed by atoms with Gasteiger partial charge in [0, 0.05) is 10.9 Å². The van der Waals surface area contributed by atoms with Crippen LogP contribution in [0.3, 0.4) is 0 Å².